The third-order valence-corrected chi connectivity index (χ3v) is 2.59. The summed E-state index contributed by atoms with van der Waals surface area (Å²) < 4.78 is 0. The van der Waals surface area contributed by atoms with Crippen molar-refractivity contribution >= 4 is 5.96 Å². The molecule has 0 aliphatic heterocycles. The summed E-state index contributed by atoms with van der Waals surface area (Å²) in [6, 6.07) is 0. The van der Waals surface area contributed by atoms with Crippen LogP contribution in [0.1, 0.15) is 20.8 Å². The lowest BCUT2D eigenvalue weighted by Crippen LogP contribution is -2.43. The van der Waals surface area contributed by atoms with Gasteiger partial charge >= 0.3 is 0 Å². The Labute approximate surface area is 99.8 Å². The van der Waals surface area contributed by atoms with Crippen LogP contribution in [-0.4, -0.2) is 50.1 Å². The van der Waals surface area contributed by atoms with Crippen molar-refractivity contribution in [3.8, 4) is 0 Å². The molecular weight excluding hydrogens is 200 g/mol. The van der Waals surface area contributed by atoms with E-state index in [2.05, 4.69) is 62.0 Å². The first-order valence-electron chi connectivity index (χ1n) is 5.74. The first-order valence-corrected chi connectivity index (χ1v) is 5.74. The van der Waals surface area contributed by atoms with Crippen molar-refractivity contribution in [2.24, 2.45) is 4.99 Å². The SMILES string of the molecule is C=CCNC(=NCC(C)(C)N(C)C)NCC. The van der Waals surface area contributed by atoms with Crippen LogP contribution < -0.4 is 10.6 Å². The van der Waals surface area contributed by atoms with E-state index in [4.69, 9.17) is 0 Å². The van der Waals surface area contributed by atoms with Crippen molar-refractivity contribution in [3.05, 3.63) is 12.7 Å². The molecule has 2 N–H and O–H groups in total. The fourth-order valence-corrected chi connectivity index (χ4v) is 0.925. The first-order chi connectivity index (χ1) is 7.44. The largest absolute Gasteiger partial charge is 0.357 e. The molecule has 0 saturated carbocycles. The van der Waals surface area contributed by atoms with Crippen LogP contribution in [0.15, 0.2) is 17.6 Å². The Morgan fingerprint density at radius 3 is 2.44 bits per heavy atom. The van der Waals surface area contributed by atoms with Crippen LogP contribution in [0.5, 0.6) is 0 Å². The van der Waals surface area contributed by atoms with E-state index in [1.807, 2.05) is 6.08 Å². The fraction of sp³-hybridized carbons (Fsp3) is 0.750. The smallest absolute Gasteiger partial charge is 0.191 e. The molecule has 0 aliphatic carbocycles. The minimum absolute atomic E-state index is 0.0660. The van der Waals surface area contributed by atoms with E-state index in [1.165, 1.54) is 0 Å². The zero-order valence-corrected chi connectivity index (χ0v) is 11.3. The minimum atomic E-state index is 0.0660. The molecule has 0 aromatic heterocycles. The summed E-state index contributed by atoms with van der Waals surface area (Å²) in [6.45, 7) is 12.4. The van der Waals surface area contributed by atoms with Gasteiger partial charge in [-0.2, -0.15) is 0 Å². The van der Waals surface area contributed by atoms with Gasteiger partial charge in [0.05, 0.1) is 6.54 Å². The summed E-state index contributed by atoms with van der Waals surface area (Å²) in [5.41, 5.74) is 0.0660. The van der Waals surface area contributed by atoms with Gasteiger partial charge in [0.25, 0.3) is 0 Å². The number of guanidine groups is 1. The van der Waals surface area contributed by atoms with Crippen molar-refractivity contribution in [2.75, 3.05) is 33.7 Å². The third kappa shape index (κ3) is 5.75. The molecule has 0 saturated heterocycles. The summed E-state index contributed by atoms with van der Waals surface area (Å²) in [5, 5.41) is 6.39. The molecule has 0 fully saturated rings. The molecule has 0 radical (unpaired) electrons. The number of rotatable bonds is 6. The number of nitrogens with zero attached hydrogens (tertiary/aromatic N) is 2. The Hall–Kier alpha value is -1.03. The predicted octanol–water partition coefficient (Wildman–Crippen LogP) is 1.07. The second kappa shape index (κ2) is 7.28. The maximum absolute atomic E-state index is 4.55. The van der Waals surface area contributed by atoms with Gasteiger partial charge in [-0.15, -0.1) is 6.58 Å². The standard InChI is InChI=1S/C12H26N4/c1-7-9-14-11(13-8-2)15-10-12(3,4)16(5)6/h7H,1,8-10H2,2-6H3,(H2,13,14,15). The molecule has 94 valence electrons. The van der Waals surface area contributed by atoms with Gasteiger partial charge in [0.2, 0.25) is 0 Å². The molecule has 0 atom stereocenters. The summed E-state index contributed by atoms with van der Waals surface area (Å²) in [6.07, 6.45) is 1.82. The van der Waals surface area contributed by atoms with Crippen LogP contribution in [0, 0.1) is 0 Å². The number of hydrogen-bond acceptors (Lipinski definition) is 2. The molecule has 0 aliphatic rings. The van der Waals surface area contributed by atoms with Crippen molar-refractivity contribution in [3.63, 3.8) is 0 Å². The van der Waals surface area contributed by atoms with Crippen molar-refractivity contribution in [1.82, 2.24) is 15.5 Å². The molecular formula is C12H26N4. The summed E-state index contributed by atoms with van der Waals surface area (Å²) in [7, 11) is 4.14. The molecule has 4 heteroatoms. The van der Waals surface area contributed by atoms with Gasteiger partial charge in [-0.3, -0.25) is 4.99 Å². The molecule has 4 nitrogen and oxygen atoms in total. The summed E-state index contributed by atoms with van der Waals surface area (Å²) >= 11 is 0. The molecule has 0 unspecified atom stereocenters. The van der Waals surface area contributed by atoms with E-state index >= 15 is 0 Å². The van der Waals surface area contributed by atoms with Crippen LogP contribution in [0.2, 0.25) is 0 Å². The lowest BCUT2D eigenvalue weighted by Gasteiger charge is -2.31. The van der Waals surface area contributed by atoms with E-state index in [0.717, 1.165) is 25.6 Å². The maximum Gasteiger partial charge on any atom is 0.191 e. The second-order valence-corrected chi connectivity index (χ2v) is 4.57. The number of nitrogens with one attached hydrogen (secondary N) is 2. The predicted molar refractivity (Wildman–Crippen MR) is 71.9 cm³/mol. The van der Waals surface area contributed by atoms with E-state index in [1.54, 1.807) is 0 Å². The van der Waals surface area contributed by atoms with Gasteiger partial charge in [-0.25, -0.2) is 0 Å². The Morgan fingerprint density at radius 1 is 1.38 bits per heavy atom. The van der Waals surface area contributed by atoms with Gasteiger partial charge in [-0.1, -0.05) is 6.08 Å². The number of aliphatic imine (C=N–C) groups is 1. The monoisotopic (exact) mass is 226 g/mol. The summed E-state index contributed by atoms with van der Waals surface area (Å²) in [5.74, 6) is 0.845. The molecule has 0 aromatic rings. The quantitative estimate of drug-likeness (QED) is 0.404. The Bertz CT molecular complexity index is 231. The third-order valence-electron chi connectivity index (χ3n) is 2.59. The Morgan fingerprint density at radius 2 is 2.00 bits per heavy atom. The normalized spacial score (nSPS) is 12.8. The van der Waals surface area contributed by atoms with E-state index in [-0.39, 0.29) is 5.54 Å². The highest BCUT2D eigenvalue weighted by molar-refractivity contribution is 5.79. The lowest BCUT2D eigenvalue weighted by molar-refractivity contribution is 0.205. The van der Waals surface area contributed by atoms with Crippen LogP contribution in [0.4, 0.5) is 0 Å². The minimum Gasteiger partial charge on any atom is -0.357 e. The zero-order chi connectivity index (χ0) is 12.6. The average molecular weight is 226 g/mol. The molecule has 0 heterocycles. The van der Waals surface area contributed by atoms with Crippen LogP contribution in [-0.2, 0) is 0 Å². The lowest BCUT2D eigenvalue weighted by atomic mass is 10.1. The van der Waals surface area contributed by atoms with Gasteiger partial charge in [0.1, 0.15) is 0 Å². The molecule has 0 spiro atoms. The molecule has 0 amide bonds. The first kappa shape index (κ1) is 15.0. The van der Waals surface area contributed by atoms with Crippen molar-refractivity contribution in [1.29, 1.82) is 0 Å². The van der Waals surface area contributed by atoms with Crippen molar-refractivity contribution < 1.29 is 0 Å². The Balaban J connectivity index is 4.36. The van der Waals surface area contributed by atoms with E-state index in [9.17, 15) is 0 Å². The fourth-order valence-electron chi connectivity index (χ4n) is 0.925. The van der Waals surface area contributed by atoms with Gasteiger partial charge in [0, 0.05) is 18.6 Å². The van der Waals surface area contributed by atoms with Crippen LogP contribution in [0.3, 0.4) is 0 Å². The number of likely N-dealkylation sites (N-methyl/N-ethyl adjacent to an activating group) is 1. The van der Waals surface area contributed by atoms with Crippen LogP contribution in [0.25, 0.3) is 0 Å². The molecule has 0 rings (SSSR count). The van der Waals surface area contributed by atoms with Gasteiger partial charge in [-0.05, 0) is 34.9 Å². The highest BCUT2D eigenvalue weighted by Crippen LogP contribution is 2.09. The maximum atomic E-state index is 4.55. The van der Waals surface area contributed by atoms with Gasteiger partial charge in [0.15, 0.2) is 5.96 Å². The van der Waals surface area contributed by atoms with Gasteiger partial charge < -0.3 is 15.5 Å². The van der Waals surface area contributed by atoms with E-state index in [0.29, 0.717) is 0 Å². The zero-order valence-electron chi connectivity index (χ0n) is 11.3. The van der Waals surface area contributed by atoms with Crippen LogP contribution >= 0.6 is 0 Å². The second-order valence-electron chi connectivity index (χ2n) is 4.57. The molecule has 0 aromatic carbocycles. The average Bonchev–Trinajstić information content (AvgIpc) is 2.22. The van der Waals surface area contributed by atoms with E-state index < -0.39 is 0 Å². The topological polar surface area (TPSA) is 39.7 Å². The molecule has 0 bridgehead atoms. The highest BCUT2D eigenvalue weighted by Gasteiger charge is 2.19. The summed E-state index contributed by atoms with van der Waals surface area (Å²) in [4.78, 5) is 6.72. The number of hydrogen-bond donors (Lipinski definition) is 2. The van der Waals surface area contributed by atoms with Crippen molar-refractivity contribution in [2.45, 2.75) is 26.3 Å². The molecule has 16 heavy (non-hydrogen) atoms. The highest BCUT2D eigenvalue weighted by atomic mass is 15.2. The Kier molecular flexibility index (Phi) is 6.81.